The van der Waals surface area contributed by atoms with Gasteiger partial charge in [-0.15, -0.1) is 0 Å². The van der Waals surface area contributed by atoms with Gasteiger partial charge in [0.25, 0.3) is 0 Å². The highest BCUT2D eigenvalue weighted by Gasteiger charge is 2.37. The number of carboxylic acid groups (broad SMARTS) is 1. The quantitative estimate of drug-likeness (QED) is 0.419. The smallest absolute Gasteiger partial charge is 0.338 e. The topological polar surface area (TPSA) is 132 Å². The summed E-state index contributed by atoms with van der Waals surface area (Å²) in [5, 5.41) is 26.4. The van der Waals surface area contributed by atoms with E-state index in [9.17, 15) is 9.59 Å². The third-order valence-corrected chi connectivity index (χ3v) is 6.49. The molecule has 0 aromatic heterocycles. The average molecular weight is 519 g/mol. The Hall–Kier alpha value is -3.14. The van der Waals surface area contributed by atoms with Gasteiger partial charge in [-0.25, -0.2) is 9.59 Å². The van der Waals surface area contributed by atoms with Crippen molar-refractivity contribution in [2.75, 3.05) is 46.2 Å². The van der Waals surface area contributed by atoms with E-state index >= 15 is 0 Å². The molecule has 204 valence electrons. The summed E-state index contributed by atoms with van der Waals surface area (Å²) in [6.45, 7) is 10.2. The van der Waals surface area contributed by atoms with Crippen molar-refractivity contribution in [1.29, 1.82) is 0 Å². The molecule has 2 aliphatic heterocycles. The molecule has 2 aliphatic rings. The molecule has 4 rings (SSSR count). The van der Waals surface area contributed by atoms with Gasteiger partial charge in [0, 0.05) is 5.41 Å². The zero-order valence-corrected chi connectivity index (χ0v) is 21.8. The van der Waals surface area contributed by atoms with Crippen molar-refractivity contribution in [3.8, 4) is 11.5 Å². The third kappa shape index (κ3) is 9.03. The van der Waals surface area contributed by atoms with Crippen LogP contribution in [0.2, 0.25) is 0 Å². The van der Waals surface area contributed by atoms with Crippen LogP contribution in [0.4, 0.5) is 0 Å². The predicted octanol–water partition coefficient (Wildman–Crippen LogP) is 4.16. The second-order valence-electron chi connectivity index (χ2n) is 9.24. The molecular formula is C28H38O9. The van der Waals surface area contributed by atoms with Crippen LogP contribution in [0.3, 0.4) is 0 Å². The number of ether oxygens (including phenoxy) is 4. The van der Waals surface area contributed by atoms with E-state index in [-0.39, 0.29) is 34.7 Å². The van der Waals surface area contributed by atoms with E-state index in [1.54, 1.807) is 31.2 Å². The first-order valence-corrected chi connectivity index (χ1v) is 12.4. The number of carboxylic acids is 1. The lowest BCUT2D eigenvalue weighted by Gasteiger charge is -2.40. The van der Waals surface area contributed by atoms with Crippen LogP contribution in [-0.2, 0) is 14.2 Å². The summed E-state index contributed by atoms with van der Waals surface area (Å²) < 4.78 is 20.6. The molecule has 0 amide bonds. The maximum Gasteiger partial charge on any atom is 0.338 e. The molecule has 2 saturated heterocycles. The highest BCUT2D eigenvalue weighted by atomic mass is 16.5. The van der Waals surface area contributed by atoms with Crippen LogP contribution in [0.25, 0.3) is 0 Å². The molecule has 9 heteroatoms. The number of esters is 1. The van der Waals surface area contributed by atoms with E-state index in [4.69, 9.17) is 34.3 Å². The summed E-state index contributed by atoms with van der Waals surface area (Å²) in [6.07, 6.45) is 2.06. The molecule has 0 spiro atoms. The van der Waals surface area contributed by atoms with Crippen molar-refractivity contribution in [2.24, 2.45) is 10.8 Å². The van der Waals surface area contributed by atoms with Crippen LogP contribution in [0.1, 0.15) is 54.3 Å². The van der Waals surface area contributed by atoms with Gasteiger partial charge < -0.3 is 34.3 Å². The van der Waals surface area contributed by atoms with Gasteiger partial charge in [-0.05, 0) is 68.3 Å². The molecule has 9 nitrogen and oxygen atoms in total. The molecule has 0 saturated carbocycles. The summed E-state index contributed by atoms with van der Waals surface area (Å²) in [6, 6.07) is 12.4. The minimum atomic E-state index is -0.922. The van der Waals surface area contributed by atoms with Gasteiger partial charge >= 0.3 is 11.9 Å². The minimum absolute atomic E-state index is 0.139. The van der Waals surface area contributed by atoms with Crippen molar-refractivity contribution in [2.45, 2.75) is 33.6 Å². The Morgan fingerprint density at radius 1 is 0.838 bits per heavy atom. The van der Waals surface area contributed by atoms with Gasteiger partial charge in [-0.2, -0.15) is 0 Å². The van der Waals surface area contributed by atoms with Crippen LogP contribution in [0.15, 0.2) is 48.5 Å². The van der Waals surface area contributed by atoms with Gasteiger partial charge in [0.15, 0.2) is 0 Å². The highest BCUT2D eigenvalue weighted by molar-refractivity contribution is 5.89. The van der Waals surface area contributed by atoms with E-state index < -0.39 is 5.97 Å². The number of hydrogen-bond acceptors (Lipinski definition) is 8. The first-order valence-electron chi connectivity index (χ1n) is 12.4. The summed E-state index contributed by atoms with van der Waals surface area (Å²) in [5.74, 6) is -0.441. The third-order valence-electron chi connectivity index (χ3n) is 6.49. The van der Waals surface area contributed by atoms with Crippen LogP contribution in [0, 0.1) is 10.8 Å². The largest absolute Gasteiger partial charge is 0.508 e. The van der Waals surface area contributed by atoms with E-state index in [1.807, 2.05) is 0 Å². The summed E-state index contributed by atoms with van der Waals surface area (Å²) in [7, 11) is 0. The standard InChI is InChI=1S/C13H16O4.C9H10O3.C6H12O2/c1-2-13(7-16-8-13)9-17-11-5-3-10(4-6-11)12(14)15;1-2-12-9(11)7-3-5-8(10)6-4-7;1-2-6(3-7)4-8-5-6/h3-6H,2,7-9H2,1H3,(H,14,15);3-6,10H,2H2,1H3;7H,2-5H2,1H3. The zero-order valence-electron chi connectivity index (χ0n) is 21.8. The molecule has 0 unspecified atom stereocenters. The normalized spacial score (nSPS) is 16.3. The first-order chi connectivity index (χ1) is 17.7. The number of benzene rings is 2. The van der Waals surface area contributed by atoms with Crippen molar-refractivity contribution in [1.82, 2.24) is 0 Å². The van der Waals surface area contributed by atoms with Crippen LogP contribution >= 0.6 is 0 Å². The summed E-state index contributed by atoms with van der Waals surface area (Å²) in [4.78, 5) is 21.7. The predicted molar refractivity (Wildman–Crippen MR) is 137 cm³/mol. The highest BCUT2D eigenvalue weighted by Crippen LogP contribution is 2.32. The van der Waals surface area contributed by atoms with Gasteiger partial charge in [0.1, 0.15) is 11.5 Å². The molecule has 0 radical (unpaired) electrons. The van der Waals surface area contributed by atoms with Crippen LogP contribution in [-0.4, -0.2) is 73.5 Å². The van der Waals surface area contributed by atoms with E-state index in [2.05, 4.69) is 13.8 Å². The second kappa shape index (κ2) is 14.6. The van der Waals surface area contributed by atoms with Gasteiger partial charge in [0.2, 0.25) is 0 Å². The Morgan fingerprint density at radius 3 is 1.70 bits per heavy atom. The van der Waals surface area contributed by atoms with E-state index in [0.29, 0.717) is 24.5 Å². The lowest BCUT2D eigenvalue weighted by Crippen LogP contribution is -2.46. The van der Waals surface area contributed by atoms with Crippen LogP contribution in [0.5, 0.6) is 11.5 Å². The monoisotopic (exact) mass is 518 g/mol. The number of aliphatic hydroxyl groups excluding tert-OH is 1. The maximum atomic E-state index is 11.1. The van der Waals surface area contributed by atoms with Crippen molar-refractivity contribution in [3.63, 3.8) is 0 Å². The molecule has 2 aromatic carbocycles. The molecule has 0 atom stereocenters. The Labute approximate surface area is 217 Å². The lowest BCUT2D eigenvalue weighted by molar-refractivity contribution is -0.138. The fourth-order valence-corrected chi connectivity index (χ4v) is 3.32. The number of aromatic hydroxyl groups is 1. The summed E-state index contributed by atoms with van der Waals surface area (Å²) in [5.41, 5.74) is 1.01. The molecule has 37 heavy (non-hydrogen) atoms. The number of carbonyl (C=O) groups is 2. The second-order valence-corrected chi connectivity index (χ2v) is 9.24. The number of aliphatic hydroxyl groups is 1. The molecule has 0 bridgehead atoms. The van der Waals surface area contributed by atoms with Gasteiger partial charge in [0.05, 0.1) is 62.8 Å². The summed E-state index contributed by atoms with van der Waals surface area (Å²) >= 11 is 0. The minimum Gasteiger partial charge on any atom is -0.508 e. The van der Waals surface area contributed by atoms with E-state index in [1.165, 1.54) is 24.3 Å². The lowest BCUT2D eigenvalue weighted by atomic mass is 9.84. The fraction of sp³-hybridized carbons (Fsp3) is 0.500. The number of aromatic carboxylic acids is 1. The maximum absolute atomic E-state index is 11.1. The number of hydrogen-bond donors (Lipinski definition) is 3. The Morgan fingerprint density at radius 2 is 1.35 bits per heavy atom. The van der Waals surface area contributed by atoms with E-state index in [0.717, 1.165) is 39.3 Å². The number of phenols is 1. The Kier molecular flexibility index (Phi) is 11.8. The zero-order chi connectivity index (χ0) is 27.3. The Balaban J connectivity index is 0.000000210. The van der Waals surface area contributed by atoms with Crippen molar-refractivity contribution in [3.05, 3.63) is 59.7 Å². The van der Waals surface area contributed by atoms with Crippen molar-refractivity contribution >= 4 is 11.9 Å². The average Bonchev–Trinajstić information content (AvgIpc) is 2.85. The molecule has 2 fully saturated rings. The van der Waals surface area contributed by atoms with Gasteiger partial charge in [-0.3, -0.25) is 0 Å². The number of phenolic OH excluding ortho intramolecular Hbond substituents is 1. The molecular weight excluding hydrogens is 480 g/mol. The SMILES string of the molecule is CCC1(CO)COC1.CCC1(COc2ccc(C(=O)O)cc2)COC1.CCOC(=O)c1ccc(O)cc1. The number of carbonyl (C=O) groups excluding carboxylic acids is 1. The van der Waals surface area contributed by atoms with Crippen LogP contribution < -0.4 is 4.74 Å². The molecule has 2 aromatic rings. The Bertz CT molecular complexity index is 943. The molecule has 0 aliphatic carbocycles. The van der Waals surface area contributed by atoms with Gasteiger partial charge in [-0.1, -0.05) is 13.8 Å². The molecule has 2 heterocycles. The number of rotatable bonds is 9. The molecule has 3 N–H and O–H groups in total. The first kappa shape index (κ1) is 30.1. The fourth-order valence-electron chi connectivity index (χ4n) is 3.32. The van der Waals surface area contributed by atoms with Crippen molar-refractivity contribution < 1.29 is 43.9 Å².